The number of piperidine rings is 1. The highest BCUT2D eigenvalue weighted by Gasteiger charge is 2.19. The predicted molar refractivity (Wildman–Crippen MR) is 87.2 cm³/mol. The highest BCUT2D eigenvalue weighted by molar-refractivity contribution is 9.10. The highest BCUT2D eigenvalue weighted by atomic mass is 79.9. The molecule has 0 spiro atoms. The summed E-state index contributed by atoms with van der Waals surface area (Å²) < 4.78 is 6.34. The Hall–Kier alpha value is -0.950. The molecule has 0 radical (unpaired) electrons. The van der Waals surface area contributed by atoms with Gasteiger partial charge in [-0.1, -0.05) is 33.2 Å². The molecule has 3 rings (SSSR count). The Balaban J connectivity index is 0.00000161. The van der Waals surface area contributed by atoms with E-state index in [0.29, 0.717) is 18.3 Å². The summed E-state index contributed by atoms with van der Waals surface area (Å²) in [4.78, 5) is 6.73. The quantitative estimate of drug-likeness (QED) is 0.896. The average molecular weight is 374 g/mol. The molecular weight excluding hydrogens is 356 g/mol. The van der Waals surface area contributed by atoms with Crippen LogP contribution in [0.5, 0.6) is 0 Å². The van der Waals surface area contributed by atoms with Gasteiger partial charge in [0, 0.05) is 22.6 Å². The molecule has 1 fully saturated rings. The van der Waals surface area contributed by atoms with Crippen molar-refractivity contribution in [1.82, 2.24) is 15.0 Å². The Labute approximate surface area is 138 Å². The van der Waals surface area contributed by atoms with E-state index in [1.807, 2.05) is 24.3 Å². The monoisotopic (exact) mass is 372 g/mol. The van der Waals surface area contributed by atoms with Crippen molar-refractivity contribution < 1.29 is 4.52 Å². The van der Waals surface area contributed by atoms with Crippen LogP contribution in [0.3, 0.4) is 0 Å². The zero-order valence-corrected chi connectivity index (χ0v) is 13.9. The van der Waals surface area contributed by atoms with Gasteiger partial charge in [-0.15, -0.1) is 12.4 Å². The highest BCUT2D eigenvalue weighted by Crippen LogP contribution is 2.21. The number of likely N-dealkylation sites (tertiary alicyclic amines) is 1. The molecule has 1 saturated heterocycles. The zero-order chi connectivity index (χ0) is 13.9. The Bertz CT molecular complexity index is 592. The lowest BCUT2D eigenvalue weighted by Gasteiger charge is -2.29. The summed E-state index contributed by atoms with van der Waals surface area (Å²) in [6, 6.07) is 8.14. The Morgan fingerprint density at radius 3 is 3.05 bits per heavy atom. The first kappa shape index (κ1) is 16.4. The number of rotatable bonds is 3. The van der Waals surface area contributed by atoms with Crippen LogP contribution in [0.15, 0.2) is 33.3 Å². The van der Waals surface area contributed by atoms with Gasteiger partial charge in [0.1, 0.15) is 0 Å². The third kappa shape index (κ3) is 4.26. The Morgan fingerprint density at radius 1 is 1.43 bits per heavy atom. The first-order valence-electron chi connectivity index (χ1n) is 6.77. The fourth-order valence-corrected chi connectivity index (χ4v) is 2.89. The van der Waals surface area contributed by atoms with Crippen molar-refractivity contribution in [3.63, 3.8) is 0 Å². The fourth-order valence-electron chi connectivity index (χ4n) is 2.49. The molecule has 0 saturated carbocycles. The largest absolute Gasteiger partial charge is 0.338 e. The van der Waals surface area contributed by atoms with Crippen LogP contribution >= 0.6 is 28.3 Å². The van der Waals surface area contributed by atoms with Crippen LogP contribution in [-0.4, -0.2) is 34.2 Å². The van der Waals surface area contributed by atoms with Gasteiger partial charge >= 0.3 is 0 Å². The normalized spacial score (nSPS) is 19.2. The second-order valence-corrected chi connectivity index (χ2v) is 6.08. The third-order valence-electron chi connectivity index (χ3n) is 3.45. The van der Waals surface area contributed by atoms with Gasteiger partial charge in [0.25, 0.3) is 0 Å². The molecule has 1 aliphatic rings. The third-order valence-corrected chi connectivity index (χ3v) is 3.94. The van der Waals surface area contributed by atoms with Crippen molar-refractivity contribution in [2.45, 2.75) is 25.4 Å². The van der Waals surface area contributed by atoms with Crippen molar-refractivity contribution >= 4 is 28.3 Å². The molecule has 7 heteroatoms. The summed E-state index contributed by atoms with van der Waals surface area (Å²) in [5, 5.41) is 4.05. The summed E-state index contributed by atoms with van der Waals surface area (Å²) in [7, 11) is 0. The molecule has 2 heterocycles. The maximum absolute atomic E-state index is 5.98. The van der Waals surface area contributed by atoms with Crippen LogP contribution in [0, 0.1) is 0 Å². The number of nitrogens with zero attached hydrogens (tertiary/aromatic N) is 3. The first-order valence-corrected chi connectivity index (χ1v) is 7.56. The number of hydrogen-bond acceptors (Lipinski definition) is 5. The lowest BCUT2D eigenvalue weighted by Crippen LogP contribution is -2.42. The number of hydrogen-bond donors (Lipinski definition) is 1. The van der Waals surface area contributed by atoms with Crippen molar-refractivity contribution in [3.05, 3.63) is 34.6 Å². The minimum atomic E-state index is 0. The average Bonchev–Trinajstić information content (AvgIpc) is 2.87. The molecule has 0 aliphatic carbocycles. The predicted octanol–water partition coefficient (Wildman–Crippen LogP) is 2.84. The van der Waals surface area contributed by atoms with Gasteiger partial charge in [-0.05, 0) is 31.5 Å². The zero-order valence-electron chi connectivity index (χ0n) is 11.5. The van der Waals surface area contributed by atoms with E-state index in [4.69, 9.17) is 10.3 Å². The molecule has 1 aromatic carbocycles. The van der Waals surface area contributed by atoms with Gasteiger partial charge in [0.15, 0.2) is 0 Å². The molecule has 2 aromatic rings. The second-order valence-electron chi connectivity index (χ2n) is 5.16. The van der Waals surface area contributed by atoms with Gasteiger partial charge in [0.05, 0.1) is 6.54 Å². The summed E-state index contributed by atoms with van der Waals surface area (Å²) in [6.45, 7) is 2.62. The standard InChI is InChI=1S/C14H17BrN4O.ClH/c15-11-4-1-3-10(7-11)14-17-13(20-18-14)9-19-6-2-5-12(16)8-19;/h1,3-4,7,12H,2,5-6,8-9,16H2;1H. The molecule has 114 valence electrons. The molecule has 2 N–H and O–H groups in total. The molecule has 1 unspecified atom stereocenters. The van der Waals surface area contributed by atoms with Gasteiger partial charge in [-0.2, -0.15) is 4.98 Å². The molecule has 21 heavy (non-hydrogen) atoms. The summed E-state index contributed by atoms with van der Waals surface area (Å²) in [5.74, 6) is 1.27. The summed E-state index contributed by atoms with van der Waals surface area (Å²) >= 11 is 3.44. The van der Waals surface area contributed by atoms with Gasteiger partial charge < -0.3 is 10.3 Å². The topological polar surface area (TPSA) is 68.2 Å². The van der Waals surface area contributed by atoms with Crippen molar-refractivity contribution in [3.8, 4) is 11.4 Å². The van der Waals surface area contributed by atoms with E-state index in [2.05, 4.69) is 31.0 Å². The van der Waals surface area contributed by atoms with Gasteiger partial charge in [-0.25, -0.2) is 0 Å². The Morgan fingerprint density at radius 2 is 2.29 bits per heavy atom. The second kappa shape index (κ2) is 7.35. The lowest BCUT2D eigenvalue weighted by atomic mass is 10.1. The van der Waals surface area contributed by atoms with Crippen LogP contribution < -0.4 is 5.73 Å². The maximum atomic E-state index is 5.98. The smallest absolute Gasteiger partial charge is 0.241 e. The van der Waals surface area contributed by atoms with Crippen molar-refractivity contribution in [2.75, 3.05) is 13.1 Å². The van der Waals surface area contributed by atoms with Crippen LogP contribution in [0.4, 0.5) is 0 Å². The number of halogens is 2. The van der Waals surface area contributed by atoms with E-state index >= 15 is 0 Å². The number of aromatic nitrogens is 2. The van der Waals surface area contributed by atoms with Crippen LogP contribution in [-0.2, 0) is 6.54 Å². The van der Waals surface area contributed by atoms with E-state index in [1.165, 1.54) is 0 Å². The molecule has 0 amide bonds. The minimum Gasteiger partial charge on any atom is -0.338 e. The lowest BCUT2D eigenvalue weighted by molar-refractivity contribution is 0.178. The maximum Gasteiger partial charge on any atom is 0.241 e. The summed E-state index contributed by atoms with van der Waals surface area (Å²) in [6.07, 6.45) is 2.23. The van der Waals surface area contributed by atoms with E-state index in [1.54, 1.807) is 0 Å². The van der Waals surface area contributed by atoms with Crippen LogP contribution in [0.2, 0.25) is 0 Å². The van der Waals surface area contributed by atoms with E-state index in [0.717, 1.165) is 36.0 Å². The number of benzene rings is 1. The van der Waals surface area contributed by atoms with Crippen molar-refractivity contribution in [2.24, 2.45) is 5.73 Å². The Kier molecular flexibility index (Phi) is 5.75. The van der Waals surface area contributed by atoms with Gasteiger partial charge in [-0.3, -0.25) is 4.90 Å². The molecule has 0 bridgehead atoms. The van der Waals surface area contributed by atoms with E-state index in [9.17, 15) is 0 Å². The molecule has 1 aromatic heterocycles. The van der Waals surface area contributed by atoms with E-state index < -0.39 is 0 Å². The van der Waals surface area contributed by atoms with Crippen LogP contribution in [0.1, 0.15) is 18.7 Å². The molecule has 5 nitrogen and oxygen atoms in total. The molecule has 1 atom stereocenters. The first-order chi connectivity index (χ1) is 9.70. The fraction of sp³-hybridized carbons (Fsp3) is 0.429. The van der Waals surface area contributed by atoms with Crippen LogP contribution in [0.25, 0.3) is 11.4 Å². The SMILES string of the molecule is Cl.NC1CCCN(Cc2nc(-c3cccc(Br)c3)no2)C1. The molecular formula is C14H18BrClN4O. The minimum absolute atomic E-state index is 0. The summed E-state index contributed by atoms with van der Waals surface area (Å²) in [5.41, 5.74) is 6.93. The van der Waals surface area contributed by atoms with Gasteiger partial charge in [0.2, 0.25) is 11.7 Å². The van der Waals surface area contributed by atoms with E-state index in [-0.39, 0.29) is 18.4 Å². The van der Waals surface area contributed by atoms with Crippen molar-refractivity contribution in [1.29, 1.82) is 0 Å². The number of nitrogens with two attached hydrogens (primary N) is 1. The molecule has 1 aliphatic heterocycles.